The minimum atomic E-state index is 0.186. The number of ether oxygens (including phenoxy) is 1. The number of hydrogen-bond acceptors (Lipinski definition) is 5. The van der Waals surface area contributed by atoms with E-state index in [-0.39, 0.29) is 16.7 Å². The predicted octanol–water partition coefficient (Wildman–Crippen LogP) is 3.36. The summed E-state index contributed by atoms with van der Waals surface area (Å²) in [6.45, 7) is 1.72. The number of rotatable bonds is 2. The van der Waals surface area contributed by atoms with Gasteiger partial charge in [0.1, 0.15) is 17.3 Å². The molecule has 2 heterocycles. The van der Waals surface area contributed by atoms with E-state index in [9.17, 15) is 0 Å². The SMILES string of the molecule is Cc1nc(Cl)c(N)c(Oc2ccc3cccnc3c2)n1. The predicted molar refractivity (Wildman–Crippen MR) is 78.0 cm³/mol. The zero-order chi connectivity index (χ0) is 14.1. The molecule has 2 N–H and O–H groups in total. The van der Waals surface area contributed by atoms with Crippen molar-refractivity contribution in [3.8, 4) is 11.6 Å². The van der Waals surface area contributed by atoms with E-state index in [4.69, 9.17) is 22.1 Å². The van der Waals surface area contributed by atoms with E-state index in [2.05, 4.69) is 15.0 Å². The Kier molecular flexibility index (Phi) is 3.12. The van der Waals surface area contributed by atoms with Crippen molar-refractivity contribution in [2.75, 3.05) is 5.73 Å². The molecule has 6 heteroatoms. The van der Waals surface area contributed by atoms with Gasteiger partial charge in [-0.25, -0.2) is 4.98 Å². The summed E-state index contributed by atoms with van der Waals surface area (Å²) in [5.41, 5.74) is 6.87. The highest BCUT2D eigenvalue weighted by Gasteiger charge is 2.11. The van der Waals surface area contributed by atoms with Gasteiger partial charge in [0.2, 0.25) is 5.88 Å². The van der Waals surface area contributed by atoms with Gasteiger partial charge in [-0.05, 0) is 25.1 Å². The summed E-state index contributed by atoms with van der Waals surface area (Å²) in [6.07, 6.45) is 1.73. The molecule has 1 aromatic carbocycles. The number of nitrogens with zero attached hydrogens (tertiary/aromatic N) is 3. The van der Waals surface area contributed by atoms with Crippen LogP contribution in [0.5, 0.6) is 11.6 Å². The van der Waals surface area contributed by atoms with Crippen molar-refractivity contribution >= 4 is 28.2 Å². The molecule has 0 fully saturated rings. The van der Waals surface area contributed by atoms with Crippen LogP contribution in [-0.2, 0) is 0 Å². The number of nitrogens with two attached hydrogens (primary N) is 1. The molecule has 0 amide bonds. The van der Waals surface area contributed by atoms with E-state index in [0.717, 1.165) is 10.9 Å². The largest absolute Gasteiger partial charge is 0.437 e. The third-order valence-electron chi connectivity index (χ3n) is 2.77. The topological polar surface area (TPSA) is 73.9 Å². The second-order valence-electron chi connectivity index (χ2n) is 4.24. The van der Waals surface area contributed by atoms with Gasteiger partial charge in [-0.15, -0.1) is 0 Å². The molecule has 0 aliphatic rings. The molecule has 0 aliphatic heterocycles. The van der Waals surface area contributed by atoms with Crippen LogP contribution in [0, 0.1) is 6.92 Å². The first kappa shape index (κ1) is 12.6. The molecule has 0 spiro atoms. The molecular formula is C14H11ClN4O. The van der Waals surface area contributed by atoms with Crippen LogP contribution in [0.15, 0.2) is 36.5 Å². The highest BCUT2D eigenvalue weighted by Crippen LogP contribution is 2.30. The molecule has 2 aromatic heterocycles. The van der Waals surface area contributed by atoms with Gasteiger partial charge in [-0.2, -0.15) is 4.98 Å². The quantitative estimate of drug-likeness (QED) is 0.731. The standard InChI is InChI=1S/C14H11ClN4O/c1-8-18-13(15)12(16)14(19-8)20-10-5-4-9-3-2-6-17-11(9)7-10/h2-7H,16H2,1H3. The lowest BCUT2D eigenvalue weighted by molar-refractivity contribution is 0.463. The summed E-state index contributed by atoms with van der Waals surface area (Å²) in [7, 11) is 0. The van der Waals surface area contributed by atoms with Gasteiger partial charge < -0.3 is 10.5 Å². The first-order valence-electron chi connectivity index (χ1n) is 5.96. The van der Waals surface area contributed by atoms with Gasteiger partial charge in [-0.1, -0.05) is 17.7 Å². The molecule has 0 saturated carbocycles. The number of hydrogen-bond donors (Lipinski definition) is 1. The van der Waals surface area contributed by atoms with E-state index in [1.54, 1.807) is 13.1 Å². The average molecular weight is 287 g/mol. The van der Waals surface area contributed by atoms with Gasteiger partial charge in [0.15, 0.2) is 5.15 Å². The summed E-state index contributed by atoms with van der Waals surface area (Å²) in [6, 6.07) is 9.43. The fourth-order valence-electron chi connectivity index (χ4n) is 1.82. The summed E-state index contributed by atoms with van der Waals surface area (Å²) in [5, 5.41) is 1.22. The molecule has 3 aromatic rings. The number of fused-ring (bicyclic) bond motifs is 1. The molecule has 20 heavy (non-hydrogen) atoms. The molecule has 0 atom stereocenters. The molecule has 0 unspecified atom stereocenters. The fraction of sp³-hybridized carbons (Fsp3) is 0.0714. The Morgan fingerprint density at radius 3 is 2.90 bits per heavy atom. The summed E-state index contributed by atoms with van der Waals surface area (Å²) >= 11 is 5.91. The van der Waals surface area contributed by atoms with Crippen molar-refractivity contribution in [2.24, 2.45) is 0 Å². The second-order valence-corrected chi connectivity index (χ2v) is 4.60. The minimum Gasteiger partial charge on any atom is -0.437 e. The number of pyridine rings is 1. The van der Waals surface area contributed by atoms with Gasteiger partial charge >= 0.3 is 0 Å². The number of aromatic nitrogens is 3. The zero-order valence-electron chi connectivity index (χ0n) is 10.7. The maximum atomic E-state index is 5.91. The zero-order valence-corrected chi connectivity index (χ0v) is 11.4. The van der Waals surface area contributed by atoms with Crippen molar-refractivity contribution in [3.63, 3.8) is 0 Å². The number of nitrogen functional groups attached to an aromatic ring is 1. The van der Waals surface area contributed by atoms with Crippen molar-refractivity contribution in [3.05, 3.63) is 47.5 Å². The van der Waals surface area contributed by atoms with Crippen LogP contribution in [-0.4, -0.2) is 15.0 Å². The summed E-state index contributed by atoms with van der Waals surface area (Å²) in [4.78, 5) is 12.4. The van der Waals surface area contributed by atoms with Crippen molar-refractivity contribution < 1.29 is 4.74 Å². The Balaban J connectivity index is 2.01. The van der Waals surface area contributed by atoms with Crippen LogP contribution >= 0.6 is 11.6 Å². The Morgan fingerprint density at radius 2 is 2.05 bits per heavy atom. The van der Waals surface area contributed by atoms with Crippen LogP contribution in [0.1, 0.15) is 5.82 Å². The lowest BCUT2D eigenvalue weighted by Crippen LogP contribution is -2.00. The van der Waals surface area contributed by atoms with Gasteiger partial charge in [0.05, 0.1) is 5.52 Å². The van der Waals surface area contributed by atoms with E-state index in [1.165, 1.54) is 0 Å². The fourth-order valence-corrected chi connectivity index (χ4v) is 2.03. The lowest BCUT2D eigenvalue weighted by Gasteiger charge is -2.09. The van der Waals surface area contributed by atoms with E-state index < -0.39 is 0 Å². The highest BCUT2D eigenvalue weighted by molar-refractivity contribution is 6.32. The van der Waals surface area contributed by atoms with Crippen LogP contribution in [0.25, 0.3) is 10.9 Å². The average Bonchev–Trinajstić information content (AvgIpc) is 2.44. The third kappa shape index (κ3) is 2.35. The highest BCUT2D eigenvalue weighted by atomic mass is 35.5. The molecule has 0 aliphatic carbocycles. The Labute approximate surface area is 120 Å². The number of benzene rings is 1. The van der Waals surface area contributed by atoms with Crippen molar-refractivity contribution in [1.82, 2.24) is 15.0 Å². The van der Waals surface area contributed by atoms with Crippen molar-refractivity contribution in [2.45, 2.75) is 6.92 Å². The van der Waals surface area contributed by atoms with Crippen LogP contribution in [0.3, 0.4) is 0 Å². The van der Waals surface area contributed by atoms with Crippen LogP contribution < -0.4 is 10.5 Å². The number of halogens is 1. The van der Waals surface area contributed by atoms with Crippen LogP contribution in [0.4, 0.5) is 5.69 Å². The normalized spacial score (nSPS) is 10.7. The number of anilines is 1. The maximum Gasteiger partial charge on any atom is 0.247 e. The Morgan fingerprint density at radius 1 is 1.20 bits per heavy atom. The van der Waals surface area contributed by atoms with Gasteiger partial charge in [0, 0.05) is 17.6 Å². The number of aryl methyl sites for hydroxylation is 1. The molecule has 100 valence electrons. The lowest BCUT2D eigenvalue weighted by atomic mass is 10.2. The maximum absolute atomic E-state index is 5.91. The smallest absolute Gasteiger partial charge is 0.247 e. The van der Waals surface area contributed by atoms with E-state index in [0.29, 0.717) is 11.6 Å². The van der Waals surface area contributed by atoms with Crippen molar-refractivity contribution in [1.29, 1.82) is 0 Å². The second kappa shape index (κ2) is 4.94. The summed E-state index contributed by atoms with van der Waals surface area (Å²) < 4.78 is 5.68. The molecular weight excluding hydrogens is 276 g/mol. The first-order valence-corrected chi connectivity index (χ1v) is 6.33. The first-order chi connectivity index (χ1) is 9.63. The van der Waals surface area contributed by atoms with Gasteiger partial charge in [0.25, 0.3) is 0 Å². The van der Waals surface area contributed by atoms with E-state index >= 15 is 0 Å². The molecule has 5 nitrogen and oxygen atoms in total. The van der Waals surface area contributed by atoms with Crippen LogP contribution in [0.2, 0.25) is 5.15 Å². The van der Waals surface area contributed by atoms with E-state index in [1.807, 2.05) is 30.3 Å². The Hall–Kier alpha value is -2.40. The molecule has 0 radical (unpaired) electrons. The van der Waals surface area contributed by atoms with Gasteiger partial charge in [-0.3, -0.25) is 4.98 Å². The Bertz CT molecular complexity index is 791. The third-order valence-corrected chi connectivity index (χ3v) is 3.06. The monoisotopic (exact) mass is 286 g/mol. The summed E-state index contributed by atoms with van der Waals surface area (Å²) in [5.74, 6) is 1.34. The molecule has 3 rings (SSSR count). The molecule has 0 bridgehead atoms. The molecule has 0 saturated heterocycles. The minimum absolute atomic E-state index is 0.186.